The molecule has 0 unspecified atom stereocenters. The van der Waals surface area contributed by atoms with Crippen molar-refractivity contribution in [2.45, 2.75) is 45.8 Å². The van der Waals surface area contributed by atoms with Crippen LogP contribution in [0.25, 0.3) is 0 Å². The maximum Gasteiger partial charge on any atom is 0.118 e. The minimum atomic E-state index is 0.591. The summed E-state index contributed by atoms with van der Waals surface area (Å²) in [5, 5.41) is 3.10. The summed E-state index contributed by atoms with van der Waals surface area (Å²) in [6, 6.07) is 4.72. The second-order valence-corrected chi connectivity index (χ2v) is 4.83. The number of nitrogens with one attached hydrogen (secondary N) is 1. The zero-order valence-corrected chi connectivity index (χ0v) is 12.7. The van der Waals surface area contributed by atoms with Gasteiger partial charge in [0.15, 0.2) is 0 Å². The summed E-state index contributed by atoms with van der Waals surface area (Å²) in [5.74, 6) is 2.03. The molecule has 0 atom stereocenters. The van der Waals surface area contributed by atoms with Crippen molar-refractivity contribution in [1.29, 1.82) is 0 Å². The predicted molar refractivity (Wildman–Crippen MR) is 78.1 cm³/mol. The zero-order chi connectivity index (χ0) is 14.1. The fourth-order valence-corrected chi connectivity index (χ4v) is 2.38. The van der Waals surface area contributed by atoms with Gasteiger partial charge in [-0.1, -0.05) is 13.8 Å². The zero-order valence-electron chi connectivity index (χ0n) is 12.7. The molecular formula is C15H28N2O2. The monoisotopic (exact) mass is 268 g/mol. The number of hydrogen-bond donors (Lipinski definition) is 1. The van der Waals surface area contributed by atoms with E-state index in [4.69, 9.17) is 9.15 Å². The summed E-state index contributed by atoms with van der Waals surface area (Å²) in [6.45, 7) is 7.83. The maximum absolute atomic E-state index is 5.83. The first-order valence-corrected chi connectivity index (χ1v) is 7.20. The number of methoxy groups -OCH3 is 1. The molecule has 0 amide bonds. The Labute approximate surface area is 117 Å². The smallest absolute Gasteiger partial charge is 0.118 e. The fraction of sp³-hybridized carbons (Fsp3) is 0.733. The van der Waals surface area contributed by atoms with Crippen LogP contribution in [-0.4, -0.2) is 38.3 Å². The molecule has 0 saturated carbocycles. The fourth-order valence-electron chi connectivity index (χ4n) is 2.38. The van der Waals surface area contributed by atoms with Gasteiger partial charge in [-0.25, -0.2) is 0 Å². The van der Waals surface area contributed by atoms with Gasteiger partial charge in [-0.05, 0) is 32.0 Å². The molecular weight excluding hydrogens is 240 g/mol. The quantitative estimate of drug-likeness (QED) is 0.708. The van der Waals surface area contributed by atoms with Crippen molar-refractivity contribution < 1.29 is 9.15 Å². The van der Waals surface area contributed by atoms with Crippen molar-refractivity contribution >= 4 is 0 Å². The summed E-state index contributed by atoms with van der Waals surface area (Å²) in [7, 11) is 3.68. The Morgan fingerprint density at radius 2 is 1.95 bits per heavy atom. The molecule has 0 aromatic carbocycles. The Bertz CT molecular complexity index is 335. The van der Waals surface area contributed by atoms with Gasteiger partial charge < -0.3 is 14.5 Å². The highest BCUT2D eigenvalue weighted by Gasteiger charge is 2.16. The molecule has 0 spiro atoms. The average Bonchev–Trinajstić information content (AvgIpc) is 2.85. The van der Waals surface area contributed by atoms with Gasteiger partial charge in [0, 0.05) is 19.7 Å². The van der Waals surface area contributed by atoms with Crippen molar-refractivity contribution in [3.8, 4) is 0 Å². The molecule has 1 aromatic rings. The second-order valence-electron chi connectivity index (χ2n) is 4.83. The van der Waals surface area contributed by atoms with Crippen LogP contribution in [0, 0.1) is 0 Å². The lowest BCUT2D eigenvalue weighted by Gasteiger charge is -2.29. The van der Waals surface area contributed by atoms with E-state index in [0.717, 1.165) is 50.6 Å². The highest BCUT2D eigenvalue weighted by Crippen LogP contribution is 2.15. The van der Waals surface area contributed by atoms with Crippen molar-refractivity contribution in [2.24, 2.45) is 0 Å². The van der Waals surface area contributed by atoms with Crippen molar-refractivity contribution in [2.75, 3.05) is 27.3 Å². The normalized spacial score (nSPS) is 11.7. The van der Waals surface area contributed by atoms with Gasteiger partial charge in [0.25, 0.3) is 0 Å². The molecule has 0 aliphatic rings. The molecule has 1 rings (SSSR count). The van der Waals surface area contributed by atoms with Crippen LogP contribution in [-0.2, 0) is 17.8 Å². The molecule has 1 heterocycles. The van der Waals surface area contributed by atoms with E-state index in [0.29, 0.717) is 6.04 Å². The number of nitrogens with zero attached hydrogens (tertiary/aromatic N) is 1. The second kappa shape index (κ2) is 9.13. The lowest BCUT2D eigenvalue weighted by atomic mass is 10.1. The van der Waals surface area contributed by atoms with Crippen LogP contribution in [0.15, 0.2) is 16.5 Å². The Hall–Kier alpha value is -0.840. The summed E-state index contributed by atoms with van der Waals surface area (Å²) < 4.78 is 11.0. The lowest BCUT2D eigenvalue weighted by molar-refractivity contribution is 0.104. The van der Waals surface area contributed by atoms with E-state index in [-0.39, 0.29) is 0 Å². The molecule has 4 nitrogen and oxygen atoms in total. The van der Waals surface area contributed by atoms with E-state index in [2.05, 4.69) is 30.1 Å². The Morgan fingerprint density at radius 1 is 1.26 bits per heavy atom. The third kappa shape index (κ3) is 5.35. The molecule has 0 aliphatic heterocycles. The highest BCUT2D eigenvalue weighted by molar-refractivity contribution is 5.07. The van der Waals surface area contributed by atoms with Gasteiger partial charge in [-0.15, -0.1) is 0 Å². The number of ether oxygens (including phenoxy) is 1. The number of hydrogen-bond acceptors (Lipinski definition) is 4. The molecule has 4 heteroatoms. The number of furan rings is 1. The Kier molecular flexibility index (Phi) is 7.79. The molecule has 110 valence electrons. The van der Waals surface area contributed by atoms with Crippen molar-refractivity contribution in [1.82, 2.24) is 10.2 Å². The SMILES string of the molecule is CCC(CC)N(CCOC)Cc1ccc(CNC)o1. The summed E-state index contributed by atoms with van der Waals surface area (Å²) >= 11 is 0. The Morgan fingerprint density at radius 3 is 2.53 bits per heavy atom. The molecule has 0 bridgehead atoms. The molecule has 19 heavy (non-hydrogen) atoms. The molecule has 1 N–H and O–H groups in total. The van der Waals surface area contributed by atoms with Crippen molar-refractivity contribution in [3.63, 3.8) is 0 Å². The summed E-state index contributed by atoms with van der Waals surface area (Å²) in [4.78, 5) is 2.45. The van der Waals surface area contributed by atoms with Gasteiger partial charge in [-0.3, -0.25) is 4.90 Å². The van der Waals surface area contributed by atoms with Crippen LogP contribution in [0.2, 0.25) is 0 Å². The van der Waals surface area contributed by atoms with Crippen molar-refractivity contribution in [3.05, 3.63) is 23.7 Å². The first kappa shape index (κ1) is 16.2. The third-order valence-electron chi connectivity index (χ3n) is 3.47. The maximum atomic E-state index is 5.83. The molecule has 0 fully saturated rings. The Balaban J connectivity index is 2.63. The number of rotatable bonds is 10. The van der Waals surface area contributed by atoms with Gasteiger partial charge in [0.2, 0.25) is 0 Å². The third-order valence-corrected chi connectivity index (χ3v) is 3.47. The lowest BCUT2D eigenvalue weighted by Crippen LogP contribution is -2.36. The van der Waals surface area contributed by atoms with E-state index in [9.17, 15) is 0 Å². The van der Waals surface area contributed by atoms with E-state index < -0.39 is 0 Å². The average molecular weight is 268 g/mol. The topological polar surface area (TPSA) is 37.6 Å². The molecule has 0 radical (unpaired) electrons. The van der Waals surface area contributed by atoms with Gasteiger partial charge in [0.05, 0.1) is 19.7 Å². The van der Waals surface area contributed by atoms with Crippen LogP contribution < -0.4 is 5.32 Å². The van der Waals surface area contributed by atoms with Crippen LogP contribution in [0.5, 0.6) is 0 Å². The van der Waals surface area contributed by atoms with Crippen LogP contribution in [0.3, 0.4) is 0 Å². The van der Waals surface area contributed by atoms with Gasteiger partial charge in [-0.2, -0.15) is 0 Å². The van der Waals surface area contributed by atoms with Crippen LogP contribution in [0.4, 0.5) is 0 Å². The van der Waals surface area contributed by atoms with Crippen LogP contribution >= 0.6 is 0 Å². The van der Waals surface area contributed by atoms with Gasteiger partial charge >= 0.3 is 0 Å². The molecule has 0 saturated heterocycles. The van der Waals surface area contributed by atoms with E-state index in [1.807, 2.05) is 13.1 Å². The standard InChI is InChI=1S/C15H28N2O2/c1-5-13(6-2)17(9-10-18-4)12-15-8-7-14(19-15)11-16-3/h7-8,13,16H,5-6,9-12H2,1-4H3. The van der Waals surface area contributed by atoms with E-state index in [1.165, 1.54) is 0 Å². The minimum absolute atomic E-state index is 0.591. The summed E-state index contributed by atoms with van der Waals surface area (Å²) in [6.07, 6.45) is 2.31. The highest BCUT2D eigenvalue weighted by atomic mass is 16.5. The van der Waals surface area contributed by atoms with E-state index in [1.54, 1.807) is 7.11 Å². The molecule has 1 aromatic heterocycles. The van der Waals surface area contributed by atoms with Gasteiger partial charge in [0.1, 0.15) is 11.5 Å². The summed E-state index contributed by atoms with van der Waals surface area (Å²) in [5.41, 5.74) is 0. The first-order chi connectivity index (χ1) is 9.24. The molecule has 0 aliphatic carbocycles. The minimum Gasteiger partial charge on any atom is -0.463 e. The largest absolute Gasteiger partial charge is 0.463 e. The van der Waals surface area contributed by atoms with Crippen LogP contribution in [0.1, 0.15) is 38.2 Å². The predicted octanol–water partition coefficient (Wildman–Crippen LogP) is 2.64. The van der Waals surface area contributed by atoms with E-state index >= 15 is 0 Å². The first-order valence-electron chi connectivity index (χ1n) is 7.20.